The molecule has 0 aromatic heterocycles. The van der Waals surface area contributed by atoms with E-state index in [9.17, 15) is 23.1 Å². The summed E-state index contributed by atoms with van der Waals surface area (Å²) in [6.45, 7) is 2.00. The van der Waals surface area contributed by atoms with Gasteiger partial charge in [0.2, 0.25) is 10.0 Å². The van der Waals surface area contributed by atoms with Crippen molar-refractivity contribution >= 4 is 33.5 Å². The van der Waals surface area contributed by atoms with Crippen LogP contribution in [0, 0.1) is 0 Å². The lowest BCUT2D eigenvalue weighted by Crippen LogP contribution is -2.47. The molecule has 2 rings (SSSR count). The summed E-state index contributed by atoms with van der Waals surface area (Å²) in [4.78, 5) is 23.2. The van der Waals surface area contributed by atoms with E-state index in [0.29, 0.717) is 13.1 Å². The molecule has 2 atom stereocenters. The number of halogens is 1. The summed E-state index contributed by atoms with van der Waals surface area (Å²) in [6, 6.07) is 2.20. The maximum absolute atomic E-state index is 12.8. The number of carboxylic acid groups (broad SMARTS) is 1. The largest absolute Gasteiger partial charge is 0.480 e. The fourth-order valence-electron chi connectivity index (χ4n) is 2.70. The summed E-state index contributed by atoms with van der Waals surface area (Å²) < 4.78 is 26.9. The Kier molecular flexibility index (Phi) is 6.62. The number of piperidine rings is 1. The van der Waals surface area contributed by atoms with Gasteiger partial charge in [-0.25, -0.2) is 13.2 Å². The smallest absolute Gasteiger partial charge is 0.328 e. The van der Waals surface area contributed by atoms with Crippen LogP contribution in [0.2, 0.25) is 5.02 Å². The lowest BCUT2D eigenvalue weighted by atomic mass is 10.1. The number of aliphatic carboxylic acids is 1. The molecule has 1 aromatic carbocycles. The molecule has 1 saturated heterocycles. The predicted octanol–water partition coefficient (Wildman–Crippen LogP) is 1.08. The van der Waals surface area contributed by atoms with Gasteiger partial charge in [0, 0.05) is 18.7 Å². The summed E-state index contributed by atoms with van der Waals surface area (Å²) in [5, 5.41) is 20.7. The molecule has 0 bridgehead atoms. The SMILES string of the molecule is C[C@@H](O)[C@H](NC(=O)c1ccc(Cl)c(S(=O)(=O)N2CCCCC2)c1)C(=O)O. The molecule has 144 valence electrons. The monoisotopic (exact) mass is 404 g/mol. The van der Waals surface area contributed by atoms with Crippen molar-refractivity contribution in [1.29, 1.82) is 0 Å². The summed E-state index contributed by atoms with van der Waals surface area (Å²) in [6.07, 6.45) is 1.15. The number of hydrogen-bond acceptors (Lipinski definition) is 5. The van der Waals surface area contributed by atoms with Gasteiger partial charge in [0.15, 0.2) is 6.04 Å². The molecule has 3 N–H and O–H groups in total. The highest BCUT2D eigenvalue weighted by Crippen LogP contribution is 2.28. The number of carboxylic acids is 1. The molecule has 1 aromatic rings. The second kappa shape index (κ2) is 8.34. The Labute approximate surface area is 156 Å². The van der Waals surface area contributed by atoms with E-state index >= 15 is 0 Å². The highest BCUT2D eigenvalue weighted by Gasteiger charge is 2.30. The lowest BCUT2D eigenvalue weighted by Gasteiger charge is -2.26. The van der Waals surface area contributed by atoms with Gasteiger partial charge in [-0.1, -0.05) is 18.0 Å². The van der Waals surface area contributed by atoms with Crippen molar-refractivity contribution in [2.45, 2.75) is 43.2 Å². The molecule has 0 saturated carbocycles. The minimum absolute atomic E-state index is 0.0163. The van der Waals surface area contributed by atoms with Crippen molar-refractivity contribution in [3.8, 4) is 0 Å². The minimum Gasteiger partial charge on any atom is -0.480 e. The van der Waals surface area contributed by atoms with Crippen molar-refractivity contribution < 1.29 is 28.2 Å². The number of carbonyl (C=O) groups is 2. The number of nitrogens with one attached hydrogen (secondary N) is 1. The van der Waals surface area contributed by atoms with Crippen LogP contribution < -0.4 is 5.32 Å². The number of hydrogen-bond donors (Lipinski definition) is 3. The molecule has 0 radical (unpaired) electrons. The molecule has 1 aliphatic rings. The molecule has 8 nitrogen and oxygen atoms in total. The highest BCUT2D eigenvalue weighted by molar-refractivity contribution is 7.89. The van der Waals surface area contributed by atoms with Crippen LogP contribution in [0.4, 0.5) is 0 Å². The number of nitrogens with zero attached hydrogens (tertiary/aromatic N) is 1. The molecular formula is C16H21ClN2O6S. The summed E-state index contributed by atoms with van der Waals surface area (Å²) in [5.41, 5.74) is -0.0584. The maximum Gasteiger partial charge on any atom is 0.328 e. The van der Waals surface area contributed by atoms with Gasteiger partial charge < -0.3 is 15.5 Å². The quantitative estimate of drug-likeness (QED) is 0.651. The average Bonchev–Trinajstić information content (AvgIpc) is 2.59. The Morgan fingerprint density at radius 1 is 1.23 bits per heavy atom. The Morgan fingerprint density at radius 3 is 2.38 bits per heavy atom. The third-order valence-corrected chi connectivity index (χ3v) is 6.54. The number of sulfonamides is 1. The van der Waals surface area contributed by atoms with Crippen LogP contribution in [-0.4, -0.2) is 60.0 Å². The van der Waals surface area contributed by atoms with E-state index in [-0.39, 0.29) is 15.5 Å². The zero-order chi connectivity index (χ0) is 19.5. The number of benzene rings is 1. The van der Waals surface area contributed by atoms with Gasteiger partial charge in [-0.2, -0.15) is 4.31 Å². The van der Waals surface area contributed by atoms with Crippen LogP contribution in [0.15, 0.2) is 23.1 Å². The van der Waals surface area contributed by atoms with Crippen LogP contribution in [0.25, 0.3) is 0 Å². The van der Waals surface area contributed by atoms with Gasteiger partial charge in [0.1, 0.15) is 4.90 Å². The third-order valence-electron chi connectivity index (χ3n) is 4.16. The zero-order valence-corrected chi connectivity index (χ0v) is 15.8. The van der Waals surface area contributed by atoms with Crippen molar-refractivity contribution in [3.05, 3.63) is 28.8 Å². The Morgan fingerprint density at radius 2 is 1.85 bits per heavy atom. The Hall–Kier alpha value is -1.68. The molecule has 10 heteroatoms. The summed E-state index contributed by atoms with van der Waals surface area (Å²) in [7, 11) is -3.85. The Bertz CT molecular complexity index is 790. The zero-order valence-electron chi connectivity index (χ0n) is 14.2. The van der Waals surface area contributed by atoms with E-state index in [0.717, 1.165) is 25.3 Å². The van der Waals surface area contributed by atoms with E-state index in [2.05, 4.69) is 5.32 Å². The van der Waals surface area contributed by atoms with Gasteiger partial charge in [0.25, 0.3) is 5.91 Å². The van der Waals surface area contributed by atoms with Crippen LogP contribution in [-0.2, 0) is 14.8 Å². The second-order valence-corrected chi connectivity index (χ2v) is 8.45. The number of aliphatic hydroxyl groups is 1. The molecule has 1 fully saturated rings. The van der Waals surface area contributed by atoms with Crippen LogP contribution in [0.5, 0.6) is 0 Å². The lowest BCUT2D eigenvalue weighted by molar-refractivity contribution is -0.141. The standard InChI is InChI=1S/C16H21ClN2O6S/c1-10(20)14(16(22)23)18-15(21)11-5-6-12(17)13(9-11)26(24,25)19-7-3-2-4-8-19/h5-6,9-10,14,20H,2-4,7-8H2,1H3,(H,18,21)(H,22,23)/t10-,14+/m1/s1. The first kappa shape index (κ1) is 20.6. The fraction of sp³-hybridized carbons (Fsp3) is 0.500. The molecule has 1 amide bonds. The molecule has 1 heterocycles. The van der Waals surface area contributed by atoms with E-state index in [4.69, 9.17) is 16.7 Å². The normalized spacial score (nSPS) is 18.1. The van der Waals surface area contributed by atoms with Crippen molar-refractivity contribution in [2.75, 3.05) is 13.1 Å². The number of aliphatic hydroxyl groups excluding tert-OH is 1. The van der Waals surface area contributed by atoms with Crippen molar-refractivity contribution in [3.63, 3.8) is 0 Å². The third kappa shape index (κ3) is 4.53. The molecule has 0 aliphatic carbocycles. The molecule has 0 unspecified atom stereocenters. The van der Waals surface area contributed by atoms with Gasteiger partial charge in [-0.15, -0.1) is 0 Å². The minimum atomic E-state index is -3.85. The van der Waals surface area contributed by atoms with Gasteiger partial charge >= 0.3 is 5.97 Å². The summed E-state index contributed by atoms with van der Waals surface area (Å²) in [5.74, 6) is -2.21. The Balaban J connectivity index is 2.31. The fourth-order valence-corrected chi connectivity index (χ4v) is 4.72. The first-order valence-electron chi connectivity index (χ1n) is 8.16. The van der Waals surface area contributed by atoms with Crippen LogP contribution in [0.3, 0.4) is 0 Å². The average molecular weight is 405 g/mol. The highest BCUT2D eigenvalue weighted by atomic mass is 35.5. The van der Waals surface area contributed by atoms with Crippen LogP contribution >= 0.6 is 11.6 Å². The molecule has 0 spiro atoms. The van der Waals surface area contributed by atoms with E-state index < -0.39 is 34.0 Å². The second-order valence-electron chi connectivity index (χ2n) is 6.14. The van der Waals surface area contributed by atoms with Crippen molar-refractivity contribution in [2.24, 2.45) is 0 Å². The number of carbonyl (C=O) groups excluding carboxylic acids is 1. The molecular weight excluding hydrogens is 384 g/mol. The first-order valence-corrected chi connectivity index (χ1v) is 9.98. The molecule has 26 heavy (non-hydrogen) atoms. The van der Waals surface area contributed by atoms with E-state index in [1.54, 1.807) is 0 Å². The summed E-state index contributed by atoms with van der Waals surface area (Å²) >= 11 is 6.04. The van der Waals surface area contributed by atoms with Crippen molar-refractivity contribution in [1.82, 2.24) is 9.62 Å². The van der Waals surface area contributed by atoms with Crippen LogP contribution in [0.1, 0.15) is 36.5 Å². The van der Waals surface area contributed by atoms with E-state index in [1.807, 2.05) is 0 Å². The topological polar surface area (TPSA) is 124 Å². The van der Waals surface area contributed by atoms with Gasteiger partial charge in [-0.3, -0.25) is 4.79 Å². The number of rotatable bonds is 6. The number of amides is 1. The first-order chi connectivity index (χ1) is 12.1. The predicted molar refractivity (Wildman–Crippen MR) is 94.6 cm³/mol. The van der Waals surface area contributed by atoms with Gasteiger partial charge in [0.05, 0.1) is 11.1 Å². The van der Waals surface area contributed by atoms with Gasteiger partial charge in [-0.05, 0) is 38.0 Å². The maximum atomic E-state index is 12.8. The van der Waals surface area contributed by atoms with E-state index in [1.165, 1.54) is 23.4 Å². The molecule has 1 aliphatic heterocycles.